The van der Waals surface area contributed by atoms with Crippen LogP contribution in [0.5, 0.6) is 11.5 Å². The molecule has 0 spiro atoms. The summed E-state index contributed by atoms with van der Waals surface area (Å²) >= 11 is 0. The number of rotatable bonds is 5. The van der Waals surface area contributed by atoms with Gasteiger partial charge in [-0.05, 0) is 62.8 Å². The molecule has 1 aliphatic rings. The normalized spacial score (nSPS) is 27.2. The molecule has 1 aliphatic carbocycles. The molecule has 118 valence electrons. The summed E-state index contributed by atoms with van der Waals surface area (Å²) in [5.74, 6) is 3.19. The van der Waals surface area contributed by atoms with Crippen molar-refractivity contribution in [2.75, 3.05) is 14.2 Å². The van der Waals surface area contributed by atoms with Crippen molar-refractivity contribution in [2.45, 2.75) is 52.2 Å². The van der Waals surface area contributed by atoms with Crippen molar-refractivity contribution >= 4 is 0 Å². The van der Waals surface area contributed by atoms with E-state index >= 15 is 0 Å². The molecular weight excluding hydrogens is 262 g/mol. The van der Waals surface area contributed by atoms with Gasteiger partial charge in [-0.15, -0.1) is 0 Å². The van der Waals surface area contributed by atoms with E-state index in [-0.39, 0.29) is 0 Å². The van der Waals surface area contributed by atoms with E-state index in [2.05, 4.69) is 38.2 Å². The Labute approximate surface area is 129 Å². The minimum Gasteiger partial charge on any atom is -0.493 e. The summed E-state index contributed by atoms with van der Waals surface area (Å²) in [4.78, 5) is 0. The highest BCUT2D eigenvalue weighted by molar-refractivity contribution is 5.44. The Balaban J connectivity index is 2.12. The van der Waals surface area contributed by atoms with Gasteiger partial charge in [0.15, 0.2) is 11.5 Å². The maximum absolute atomic E-state index is 6.24. The summed E-state index contributed by atoms with van der Waals surface area (Å²) in [6.07, 6.45) is 3.91. The van der Waals surface area contributed by atoms with Gasteiger partial charge in [0.1, 0.15) is 0 Å². The first-order chi connectivity index (χ1) is 10.0. The molecule has 1 saturated carbocycles. The highest BCUT2D eigenvalue weighted by Gasteiger charge is 2.26. The minimum absolute atomic E-state index is 0.308. The van der Waals surface area contributed by atoms with E-state index in [0.717, 1.165) is 36.2 Å². The molecule has 0 aromatic heterocycles. The molecule has 0 bridgehead atoms. The van der Waals surface area contributed by atoms with Crippen molar-refractivity contribution in [3.8, 4) is 11.5 Å². The lowest BCUT2D eigenvalue weighted by Crippen LogP contribution is -2.28. The number of ether oxygens (including phenoxy) is 2. The topological polar surface area (TPSA) is 30.5 Å². The number of hydrogen-bond acceptors (Lipinski definition) is 3. The third-order valence-corrected chi connectivity index (χ3v) is 4.55. The van der Waals surface area contributed by atoms with Gasteiger partial charge in [0.05, 0.1) is 13.2 Å². The zero-order valence-electron chi connectivity index (χ0n) is 14.0. The molecule has 0 aliphatic heterocycles. The lowest BCUT2D eigenvalue weighted by atomic mass is 9.82. The molecule has 0 heterocycles. The van der Waals surface area contributed by atoms with Crippen LogP contribution in [-0.2, 0) is 0 Å². The van der Waals surface area contributed by atoms with Gasteiger partial charge in [-0.1, -0.05) is 19.9 Å². The second-order valence-electron chi connectivity index (χ2n) is 6.58. The summed E-state index contributed by atoms with van der Waals surface area (Å²) in [5.41, 5.74) is 1.21. The van der Waals surface area contributed by atoms with Crippen LogP contribution in [0.4, 0.5) is 0 Å². The second kappa shape index (κ2) is 7.17. The average molecular weight is 291 g/mol. The number of hydrogen-bond donors (Lipinski definition) is 1. The van der Waals surface area contributed by atoms with Crippen LogP contribution in [0.2, 0.25) is 0 Å². The summed E-state index contributed by atoms with van der Waals surface area (Å²) in [6, 6.07) is 6.55. The van der Waals surface area contributed by atoms with E-state index in [9.17, 15) is 0 Å². The highest BCUT2D eigenvalue weighted by Crippen LogP contribution is 2.35. The SMILES string of the molecule is CNC(C)c1ccc(OC2CC(C)CC(C)C2)c(OC)c1. The number of nitrogens with one attached hydrogen (secondary N) is 1. The molecule has 1 N–H and O–H groups in total. The van der Waals surface area contributed by atoms with Crippen LogP contribution in [0.15, 0.2) is 18.2 Å². The Hall–Kier alpha value is -1.22. The molecule has 3 unspecified atom stereocenters. The van der Waals surface area contributed by atoms with Crippen LogP contribution in [-0.4, -0.2) is 20.3 Å². The van der Waals surface area contributed by atoms with Crippen molar-refractivity contribution in [2.24, 2.45) is 11.8 Å². The fourth-order valence-electron chi connectivity index (χ4n) is 3.37. The summed E-state index contributed by atoms with van der Waals surface area (Å²) < 4.78 is 11.8. The molecule has 1 aromatic carbocycles. The van der Waals surface area contributed by atoms with Crippen molar-refractivity contribution in [3.05, 3.63) is 23.8 Å². The van der Waals surface area contributed by atoms with Crippen LogP contribution in [0, 0.1) is 11.8 Å². The van der Waals surface area contributed by atoms with Crippen molar-refractivity contribution in [3.63, 3.8) is 0 Å². The first-order valence-corrected chi connectivity index (χ1v) is 8.05. The Bertz CT molecular complexity index is 451. The predicted octanol–water partition coefficient (Wildman–Crippen LogP) is 4.18. The lowest BCUT2D eigenvalue weighted by Gasteiger charge is -2.32. The predicted molar refractivity (Wildman–Crippen MR) is 87.1 cm³/mol. The average Bonchev–Trinajstić information content (AvgIpc) is 2.45. The molecule has 3 heteroatoms. The quantitative estimate of drug-likeness (QED) is 0.883. The van der Waals surface area contributed by atoms with Crippen LogP contribution in [0.3, 0.4) is 0 Å². The monoisotopic (exact) mass is 291 g/mol. The maximum atomic E-state index is 6.24. The van der Waals surface area contributed by atoms with Crippen molar-refractivity contribution in [1.82, 2.24) is 5.32 Å². The fourth-order valence-corrected chi connectivity index (χ4v) is 3.37. The van der Waals surface area contributed by atoms with E-state index in [1.54, 1.807) is 7.11 Å². The largest absolute Gasteiger partial charge is 0.493 e. The summed E-state index contributed by atoms with van der Waals surface area (Å²) in [6.45, 7) is 6.78. The van der Waals surface area contributed by atoms with Gasteiger partial charge in [0, 0.05) is 6.04 Å². The first-order valence-electron chi connectivity index (χ1n) is 8.05. The number of methoxy groups -OCH3 is 1. The maximum Gasteiger partial charge on any atom is 0.161 e. The Morgan fingerprint density at radius 3 is 2.33 bits per heavy atom. The van der Waals surface area contributed by atoms with Gasteiger partial charge < -0.3 is 14.8 Å². The molecular formula is C18H29NO2. The van der Waals surface area contributed by atoms with Gasteiger partial charge in [0.2, 0.25) is 0 Å². The summed E-state index contributed by atoms with van der Waals surface area (Å²) in [5, 5.41) is 3.25. The van der Waals surface area contributed by atoms with Crippen molar-refractivity contribution in [1.29, 1.82) is 0 Å². The van der Waals surface area contributed by atoms with E-state index in [4.69, 9.17) is 9.47 Å². The van der Waals surface area contributed by atoms with E-state index in [1.165, 1.54) is 12.0 Å². The molecule has 0 radical (unpaired) electrons. The van der Waals surface area contributed by atoms with Crippen LogP contribution < -0.4 is 14.8 Å². The number of benzene rings is 1. The van der Waals surface area contributed by atoms with E-state index in [1.807, 2.05) is 13.1 Å². The van der Waals surface area contributed by atoms with Crippen molar-refractivity contribution < 1.29 is 9.47 Å². The third-order valence-electron chi connectivity index (χ3n) is 4.55. The Morgan fingerprint density at radius 1 is 1.10 bits per heavy atom. The minimum atomic E-state index is 0.308. The molecule has 1 aromatic rings. The molecule has 3 atom stereocenters. The standard InChI is InChI=1S/C18H29NO2/c1-12-8-13(2)10-16(9-12)21-17-7-6-15(14(3)19-4)11-18(17)20-5/h6-7,11-14,16,19H,8-10H2,1-5H3. The van der Waals surface area contributed by atoms with Gasteiger partial charge >= 0.3 is 0 Å². The van der Waals surface area contributed by atoms with Gasteiger partial charge in [-0.3, -0.25) is 0 Å². The van der Waals surface area contributed by atoms with E-state index < -0.39 is 0 Å². The lowest BCUT2D eigenvalue weighted by molar-refractivity contribution is 0.0979. The molecule has 2 rings (SSSR count). The zero-order chi connectivity index (χ0) is 15.4. The first kappa shape index (κ1) is 16.2. The second-order valence-corrected chi connectivity index (χ2v) is 6.58. The summed E-state index contributed by atoms with van der Waals surface area (Å²) in [7, 11) is 3.68. The third kappa shape index (κ3) is 4.13. The van der Waals surface area contributed by atoms with Crippen LogP contribution >= 0.6 is 0 Å². The van der Waals surface area contributed by atoms with Gasteiger partial charge in [-0.2, -0.15) is 0 Å². The fraction of sp³-hybridized carbons (Fsp3) is 0.667. The van der Waals surface area contributed by atoms with E-state index in [0.29, 0.717) is 12.1 Å². The van der Waals surface area contributed by atoms with Crippen LogP contribution in [0.1, 0.15) is 51.6 Å². The molecule has 21 heavy (non-hydrogen) atoms. The van der Waals surface area contributed by atoms with Gasteiger partial charge in [-0.25, -0.2) is 0 Å². The molecule has 0 saturated heterocycles. The molecule has 3 nitrogen and oxygen atoms in total. The molecule has 1 fully saturated rings. The molecule has 0 amide bonds. The van der Waals surface area contributed by atoms with Crippen LogP contribution in [0.25, 0.3) is 0 Å². The smallest absolute Gasteiger partial charge is 0.161 e. The Morgan fingerprint density at radius 2 is 1.76 bits per heavy atom. The Kier molecular flexibility index (Phi) is 5.51. The highest BCUT2D eigenvalue weighted by atomic mass is 16.5. The van der Waals surface area contributed by atoms with Gasteiger partial charge in [0.25, 0.3) is 0 Å². The zero-order valence-corrected chi connectivity index (χ0v) is 14.0.